The van der Waals surface area contributed by atoms with Gasteiger partial charge >= 0.3 is 0 Å². The molecule has 118 valence electrons. The van der Waals surface area contributed by atoms with Gasteiger partial charge in [-0.3, -0.25) is 4.90 Å². The summed E-state index contributed by atoms with van der Waals surface area (Å²) in [5.41, 5.74) is 1.72. The molecule has 1 fully saturated rings. The van der Waals surface area contributed by atoms with Gasteiger partial charge in [-0.05, 0) is 51.4 Å². The summed E-state index contributed by atoms with van der Waals surface area (Å²) in [7, 11) is 1.94. The number of aryl methyl sites for hydroxylation is 1. The van der Waals surface area contributed by atoms with Gasteiger partial charge in [0.1, 0.15) is 5.82 Å². The molecule has 1 aromatic carbocycles. The third-order valence-corrected chi connectivity index (χ3v) is 4.18. The van der Waals surface area contributed by atoms with E-state index in [1.807, 2.05) is 19.2 Å². The number of ether oxygens (including phenoxy) is 1. The highest BCUT2D eigenvalue weighted by Crippen LogP contribution is 2.21. The summed E-state index contributed by atoms with van der Waals surface area (Å²) in [5, 5.41) is 3.30. The topological polar surface area (TPSA) is 24.5 Å². The van der Waals surface area contributed by atoms with Gasteiger partial charge in [-0.25, -0.2) is 4.39 Å². The Morgan fingerprint density at radius 2 is 2.00 bits per heavy atom. The summed E-state index contributed by atoms with van der Waals surface area (Å²) in [6.45, 7) is 8.98. The van der Waals surface area contributed by atoms with Crippen molar-refractivity contribution in [3.8, 4) is 0 Å². The third kappa shape index (κ3) is 4.50. The van der Waals surface area contributed by atoms with Crippen LogP contribution < -0.4 is 5.32 Å². The molecule has 1 aliphatic heterocycles. The fraction of sp³-hybridized carbons (Fsp3) is 0.647. The molecule has 1 saturated heterocycles. The van der Waals surface area contributed by atoms with E-state index in [1.165, 1.54) is 0 Å². The molecule has 1 N–H and O–H groups in total. The van der Waals surface area contributed by atoms with Crippen LogP contribution in [0.1, 0.15) is 37.4 Å². The summed E-state index contributed by atoms with van der Waals surface area (Å²) in [4.78, 5) is 2.44. The molecule has 4 heteroatoms. The van der Waals surface area contributed by atoms with Crippen molar-refractivity contribution in [2.24, 2.45) is 0 Å². The number of rotatable bonds is 5. The molecule has 1 heterocycles. The lowest BCUT2D eigenvalue weighted by Gasteiger charge is -2.36. The first kappa shape index (κ1) is 16.4. The lowest BCUT2D eigenvalue weighted by Crippen LogP contribution is -2.46. The molecule has 0 radical (unpaired) electrons. The Bertz CT molecular complexity index is 456. The fourth-order valence-corrected chi connectivity index (χ4v) is 3.08. The molecule has 0 saturated carbocycles. The van der Waals surface area contributed by atoms with E-state index < -0.39 is 0 Å². The maximum Gasteiger partial charge on any atom is 0.126 e. The molecule has 0 bridgehead atoms. The van der Waals surface area contributed by atoms with Crippen molar-refractivity contribution < 1.29 is 9.13 Å². The van der Waals surface area contributed by atoms with Crippen LogP contribution in [-0.2, 0) is 4.74 Å². The van der Waals surface area contributed by atoms with E-state index in [1.54, 1.807) is 13.0 Å². The van der Waals surface area contributed by atoms with Crippen molar-refractivity contribution in [2.45, 2.75) is 45.4 Å². The van der Waals surface area contributed by atoms with Crippen molar-refractivity contribution in [3.63, 3.8) is 0 Å². The molecule has 1 aromatic rings. The van der Waals surface area contributed by atoms with Gasteiger partial charge in [-0.1, -0.05) is 12.1 Å². The van der Waals surface area contributed by atoms with Crippen LogP contribution in [0.3, 0.4) is 0 Å². The van der Waals surface area contributed by atoms with E-state index in [0.29, 0.717) is 17.8 Å². The molecule has 3 atom stereocenters. The van der Waals surface area contributed by atoms with Crippen LogP contribution in [0, 0.1) is 12.7 Å². The highest BCUT2D eigenvalue weighted by atomic mass is 19.1. The molecular weight excluding hydrogens is 267 g/mol. The number of halogens is 1. The Hall–Kier alpha value is -0.970. The smallest absolute Gasteiger partial charge is 0.126 e. The van der Waals surface area contributed by atoms with Crippen molar-refractivity contribution in [2.75, 3.05) is 26.7 Å². The summed E-state index contributed by atoms with van der Waals surface area (Å²) in [6, 6.07) is 5.72. The monoisotopic (exact) mass is 294 g/mol. The maximum atomic E-state index is 13.7. The minimum atomic E-state index is -0.124. The highest BCUT2D eigenvalue weighted by Gasteiger charge is 2.22. The van der Waals surface area contributed by atoms with Gasteiger partial charge in [0.05, 0.1) is 12.2 Å². The van der Waals surface area contributed by atoms with Gasteiger partial charge < -0.3 is 10.1 Å². The molecule has 0 spiro atoms. The van der Waals surface area contributed by atoms with E-state index >= 15 is 0 Å². The van der Waals surface area contributed by atoms with Gasteiger partial charge in [0.25, 0.3) is 0 Å². The first-order valence-electron chi connectivity index (χ1n) is 7.80. The quantitative estimate of drug-likeness (QED) is 0.904. The summed E-state index contributed by atoms with van der Waals surface area (Å²) in [6.07, 6.45) is 1.55. The van der Waals surface area contributed by atoms with E-state index in [9.17, 15) is 4.39 Å². The van der Waals surface area contributed by atoms with E-state index in [-0.39, 0.29) is 11.9 Å². The van der Waals surface area contributed by atoms with Crippen LogP contribution in [0.25, 0.3) is 0 Å². The summed E-state index contributed by atoms with van der Waals surface area (Å²) in [5.74, 6) is -0.124. The number of hydrogen-bond donors (Lipinski definition) is 1. The fourth-order valence-electron chi connectivity index (χ4n) is 3.08. The Morgan fingerprint density at radius 1 is 1.33 bits per heavy atom. The zero-order valence-corrected chi connectivity index (χ0v) is 13.5. The SMILES string of the molecule is CNC(CCN1CC(C)OC(C)C1)c1ccc(C)c(F)c1. The summed E-state index contributed by atoms with van der Waals surface area (Å²) < 4.78 is 19.5. The Kier molecular flexibility index (Phi) is 5.73. The number of nitrogens with zero attached hydrogens (tertiary/aromatic N) is 1. The van der Waals surface area contributed by atoms with E-state index in [4.69, 9.17) is 4.74 Å². The Morgan fingerprint density at radius 3 is 2.57 bits per heavy atom. The second-order valence-electron chi connectivity index (χ2n) is 6.16. The standard InChI is InChI=1S/C17H27FN2O/c1-12-5-6-15(9-16(12)18)17(19-4)7-8-20-10-13(2)21-14(3)11-20/h5-6,9,13-14,17,19H,7-8,10-11H2,1-4H3. The van der Waals surface area contributed by atoms with Crippen molar-refractivity contribution in [1.29, 1.82) is 0 Å². The minimum absolute atomic E-state index is 0.124. The van der Waals surface area contributed by atoms with Crippen LogP contribution in [0.2, 0.25) is 0 Å². The molecule has 0 amide bonds. The molecular formula is C17H27FN2O. The number of nitrogens with one attached hydrogen (secondary N) is 1. The number of hydrogen-bond acceptors (Lipinski definition) is 3. The molecule has 0 aromatic heterocycles. The second-order valence-corrected chi connectivity index (χ2v) is 6.16. The lowest BCUT2D eigenvalue weighted by molar-refractivity contribution is -0.0685. The summed E-state index contributed by atoms with van der Waals surface area (Å²) >= 11 is 0. The van der Waals surface area contributed by atoms with Gasteiger partial charge in [0.15, 0.2) is 0 Å². The predicted molar refractivity (Wildman–Crippen MR) is 84.0 cm³/mol. The first-order chi connectivity index (χ1) is 9.99. The van der Waals surface area contributed by atoms with Crippen LogP contribution in [0.5, 0.6) is 0 Å². The zero-order valence-electron chi connectivity index (χ0n) is 13.5. The number of morpholine rings is 1. The number of benzene rings is 1. The van der Waals surface area contributed by atoms with Gasteiger partial charge in [-0.15, -0.1) is 0 Å². The average molecular weight is 294 g/mol. The van der Waals surface area contributed by atoms with Crippen LogP contribution >= 0.6 is 0 Å². The van der Waals surface area contributed by atoms with Crippen LogP contribution in [-0.4, -0.2) is 43.8 Å². The largest absolute Gasteiger partial charge is 0.373 e. The first-order valence-corrected chi connectivity index (χ1v) is 7.80. The molecule has 2 rings (SSSR count). The van der Waals surface area contributed by atoms with Gasteiger partial charge in [0, 0.05) is 25.7 Å². The van der Waals surface area contributed by atoms with E-state index in [2.05, 4.69) is 24.1 Å². The molecule has 3 unspecified atom stereocenters. The van der Waals surface area contributed by atoms with Crippen LogP contribution in [0.15, 0.2) is 18.2 Å². The molecule has 21 heavy (non-hydrogen) atoms. The Labute approximate surface area is 127 Å². The molecule has 0 aliphatic carbocycles. The van der Waals surface area contributed by atoms with Crippen LogP contribution in [0.4, 0.5) is 4.39 Å². The normalized spacial score (nSPS) is 25.0. The zero-order chi connectivity index (χ0) is 15.4. The lowest BCUT2D eigenvalue weighted by atomic mass is 10.0. The minimum Gasteiger partial charge on any atom is -0.373 e. The van der Waals surface area contributed by atoms with Gasteiger partial charge in [-0.2, -0.15) is 0 Å². The van der Waals surface area contributed by atoms with E-state index in [0.717, 1.165) is 31.6 Å². The van der Waals surface area contributed by atoms with Gasteiger partial charge in [0.2, 0.25) is 0 Å². The van der Waals surface area contributed by atoms with Crippen molar-refractivity contribution in [3.05, 3.63) is 35.1 Å². The second kappa shape index (κ2) is 7.34. The molecule has 1 aliphatic rings. The Balaban J connectivity index is 1.94. The third-order valence-electron chi connectivity index (χ3n) is 4.18. The van der Waals surface area contributed by atoms with Crippen molar-refractivity contribution in [1.82, 2.24) is 10.2 Å². The molecule has 3 nitrogen and oxygen atoms in total. The maximum absolute atomic E-state index is 13.7. The predicted octanol–water partition coefficient (Wildman–Crippen LogP) is 2.89. The van der Waals surface area contributed by atoms with Crippen molar-refractivity contribution >= 4 is 0 Å². The highest BCUT2D eigenvalue weighted by molar-refractivity contribution is 5.25. The average Bonchev–Trinajstić information content (AvgIpc) is 2.42.